The highest BCUT2D eigenvalue weighted by atomic mass is 32.1. The van der Waals surface area contributed by atoms with E-state index in [-0.39, 0.29) is 135 Å². The Morgan fingerprint density at radius 3 is 1.34 bits per heavy atom. The Balaban J connectivity index is 1.59. The van der Waals surface area contributed by atoms with E-state index in [9.17, 15) is 102 Å². The fourth-order valence-corrected chi connectivity index (χ4v) is 15.0. The summed E-state index contributed by atoms with van der Waals surface area (Å²) in [4.78, 5) is 245. The van der Waals surface area contributed by atoms with E-state index in [1.807, 2.05) is 0 Å². The lowest BCUT2D eigenvalue weighted by molar-refractivity contribution is -0.142. The molecule has 52 heteroatoms. The summed E-state index contributed by atoms with van der Waals surface area (Å²) in [5, 5.41) is 109. The highest BCUT2D eigenvalue weighted by Gasteiger charge is 2.46. The number of nitrogens with zero attached hydrogens (tertiary/aromatic N) is 1. The molecule has 16 amide bonds. The van der Waals surface area contributed by atoms with Crippen LogP contribution in [0.5, 0.6) is 5.75 Å². The summed E-state index contributed by atoms with van der Waals surface area (Å²) in [6.07, 6.45) is -5.74. The minimum Gasteiger partial charge on any atom is -0.508 e. The third-order valence-electron chi connectivity index (χ3n) is 22.7. The van der Waals surface area contributed by atoms with Gasteiger partial charge >= 0.3 is 5.97 Å². The number of β-amino-alcohol motifs (C(OH)–C–C–N with tert-alkyl or cyclic N) is 1. The normalized spacial score (nSPS) is 17.0. The molecule has 0 bridgehead atoms. The molecular formula is C86H142N28O22S2. The van der Waals surface area contributed by atoms with Gasteiger partial charge in [-0.15, -0.1) is 0 Å². The number of carbonyl (C=O) groups excluding carboxylic acids is 16. The van der Waals surface area contributed by atoms with Gasteiger partial charge in [0.2, 0.25) is 94.5 Å². The third kappa shape index (κ3) is 38.6. The predicted octanol–water partition coefficient (Wildman–Crippen LogP) is -9.50. The van der Waals surface area contributed by atoms with Crippen molar-refractivity contribution in [2.75, 3.05) is 51.6 Å². The number of hydrogen-bond donors (Lipinski definition) is 34. The standard InChI is InChI=1S/C86H142N28O22S2/c1-9-42(4)64(110-77(129)61-36-48(118)39-114(61)82(134)63(92)41(2)3)78(130)112-66(44(6)116)80(132)106-57(35-46-38-99-50-17-11-10-16-49(46)50)75(127)113-67(86(7,8)138)81(133)107-58(37-62(91)119)74(126)102-52(19-14-32-97-84(93)94)68(120)103-56(27-31-90)73(125)111-65(43(5)115)79(131)105-55(26-30-89)72(124)100-51(18-12-13-28-87)70(122)109-60(40-137)76(128)104-54(25-29-88)71(123)101-53(20-15-33-98-85(95)96)69(121)108-59(83(135)136)34-45-21-23-47(117)24-22-45/h10-11,16-17,21-24,38,41-44,48,51-61,63-67,99,115-118,137-138H,9,12-15,18-20,25-37,39-40,87-90,92H2,1-8H3,(H2,91,119)(H,100,124)(H,101,123)(H,102,126)(H,103,120)(H,104,128)(H,105,131)(H,106,132)(H,107,133)(H,108,121)(H,109,122)(H,110,129)(H,111,125)(H,112,130)(H,113,127)(H,135,136)(H4,93,94,97)(H4,95,96,98)/t42-,43+,44+,48+,51-,52-,53-,54-,55+,56-,57-,58-,59-,60-,61-,63-,64-,65-,66-,67+/m0/s1. The first-order valence-electron chi connectivity index (χ1n) is 45.4. The molecule has 40 N–H and O–H groups in total. The Morgan fingerprint density at radius 1 is 0.500 bits per heavy atom. The molecule has 4 rings (SSSR count). The lowest BCUT2D eigenvalue weighted by Crippen LogP contribution is -2.64. The van der Waals surface area contributed by atoms with Crippen molar-refractivity contribution in [1.82, 2.24) is 95.0 Å². The summed E-state index contributed by atoms with van der Waals surface area (Å²) in [5.74, 6) is -20.7. The van der Waals surface area contributed by atoms with Crippen molar-refractivity contribution in [1.29, 1.82) is 10.8 Å². The lowest BCUT2D eigenvalue weighted by Gasteiger charge is -2.33. The Bertz CT molecular complexity index is 4640. The van der Waals surface area contributed by atoms with E-state index in [1.54, 1.807) is 58.2 Å². The van der Waals surface area contributed by atoms with E-state index >= 15 is 4.79 Å². The van der Waals surface area contributed by atoms with Crippen LogP contribution >= 0.6 is 25.3 Å². The number of aromatic nitrogens is 1. The highest BCUT2D eigenvalue weighted by Crippen LogP contribution is 2.25. The van der Waals surface area contributed by atoms with E-state index in [2.05, 4.69) is 115 Å². The first-order chi connectivity index (χ1) is 64.9. The maximum Gasteiger partial charge on any atom is 0.326 e. The zero-order valence-electron chi connectivity index (χ0n) is 78.7. The number of carboxylic acid groups (broad SMARTS) is 1. The fraction of sp³-hybridized carbons (Fsp3) is 0.616. The number of phenolic OH excluding ortho intramolecular Hbond substituents is 1. The maximum atomic E-state index is 15.1. The van der Waals surface area contributed by atoms with Crippen LogP contribution in [0.25, 0.3) is 10.9 Å². The van der Waals surface area contributed by atoms with Crippen LogP contribution in [0.15, 0.2) is 54.7 Å². The number of H-pyrrole nitrogens is 1. The Morgan fingerprint density at radius 2 is 0.906 bits per heavy atom. The molecule has 2 heterocycles. The minimum atomic E-state index is -2.00. The number of guanidine groups is 2. The second-order valence-electron chi connectivity index (χ2n) is 34.8. The molecule has 2 aromatic carbocycles. The number of hydrogen-bond acceptors (Lipinski definition) is 30. The van der Waals surface area contributed by atoms with Crippen LogP contribution in [0, 0.1) is 22.7 Å². The van der Waals surface area contributed by atoms with Crippen LogP contribution in [-0.2, 0) is 94.3 Å². The zero-order valence-corrected chi connectivity index (χ0v) is 80.5. The van der Waals surface area contributed by atoms with E-state index in [1.165, 1.54) is 45.0 Å². The molecule has 0 saturated carbocycles. The van der Waals surface area contributed by atoms with Crippen LogP contribution < -0.4 is 131 Å². The number of benzene rings is 2. The topological polar surface area (TPSA) is 859 Å². The number of aromatic amines is 1. The van der Waals surface area contributed by atoms with Gasteiger partial charge in [-0.1, -0.05) is 64.4 Å². The van der Waals surface area contributed by atoms with E-state index in [4.69, 9.17) is 56.7 Å². The second-order valence-corrected chi connectivity index (χ2v) is 36.3. The maximum absolute atomic E-state index is 15.1. The van der Waals surface area contributed by atoms with Crippen molar-refractivity contribution in [3.05, 3.63) is 65.9 Å². The average molecular weight is 1980 g/mol. The number of aliphatic carboxylic acids is 1. The number of carboxylic acids is 1. The number of nitrogens with one attached hydrogen (secondary N) is 19. The number of para-hydroxylation sites is 1. The Kier molecular flexibility index (Phi) is 50.0. The van der Waals surface area contributed by atoms with Gasteiger partial charge in [-0.3, -0.25) is 87.5 Å². The number of likely N-dealkylation sites (tertiary alicyclic amines) is 1. The number of unbranched alkanes of at least 4 members (excludes halogenated alkanes) is 1. The molecule has 20 atom stereocenters. The van der Waals surface area contributed by atoms with E-state index in [0.717, 1.165) is 11.8 Å². The monoisotopic (exact) mass is 1980 g/mol. The van der Waals surface area contributed by atoms with E-state index in [0.29, 0.717) is 28.5 Å². The molecule has 770 valence electrons. The molecular weight excluding hydrogens is 1840 g/mol. The van der Waals surface area contributed by atoms with Crippen molar-refractivity contribution < 1.29 is 107 Å². The summed E-state index contributed by atoms with van der Waals surface area (Å²) < 4.78 is -1.63. The molecule has 50 nitrogen and oxygen atoms in total. The number of thiol groups is 2. The first kappa shape index (κ1) is 118. The summed E-state index contributed by atoms with van der Waals surface area (Å²) in [7, 11) is 0. The zero-order chi connectivity index (χ0) is 104. The number of amides is 16. The van der Waals surface area contributed by atoms with Gasteiger partial charge in [0.15, 0.2) is 11.9 Å². The molecule has 138 heavy (non-hydrogen) atoms. The Labute approximate surface area is 809 Å². The second kappa shape index (κ2) is 58.4. The number of rotatable bonds is 61. The molecule has 0 unspecified atom stereocenters. The summed E-state index contributed by atoms with van der Waals surface area (Å²) >= 11 is 8.91. The van der Waals surface area contributed by atoms with Crippen LogP contribution in [0.3, 0.4) is 0 Å². The van der Waals surface area contributed by atoms with Gasteiger partial charge in [-0.25, -0.2) is 4.79 Å². The van der Waals surface area contributed by atoms with Crippen molar-refractivity contribution in [2.24, 2.45) is 57.7 Å². The van der Waals surface area contributed by atoms with E-state index < -0.39 is 257 Å². The smallest absolute Gasteiger partial charge is 0.326 e. The molecule has 1 aromatic heterocycles. The number of aliphatic hydroxyl groups excluding tert-OH is 3. The van der Waals surface area contributed by atoms with Gasteiger partial charge in [0.1, 0.15) is 96.4 Å². The predicted molar refractivity (Wildman–Crippen MR) is 513 cm³/mol. The molecule has 0 spiro atoms. The van der Waals surface area contributed by atoms with Crippen molar-refractivity contribution in [3.8, 4) is 5.75 Å². The number of aromatic hydroxyl groups is 1. The molecule has 1 saturated heterocycles. The van der Waals surface area contributed by atoms with Crippen LogP contribution in [-0.4, -0.2) is 319 Å². The molecule has 3 aromatic rings. The number of primary amides is 1. The number of nitrogens with two attached hydrogens (primary N) is 8. The number of fused-ring (bicyclic) bond motifs is 1. The van der Waals surface area contributed by atoms with Gasteiger partial charge in [0.25, 0.3) is 0 Å². The number of carbonyl (C=O) groups is 17. The van der Waals surface area contributed by atoms with Crippen molar-refractivity contribution in [3.63, 3.8) is 0 Å². The molecule has 1 aliphatic heterocycles. The Hall–Kier alpha value is -12.3. The number of aliphatic hydroxyl groups is 3. The highest BCUT2D eigenvalue weighted by molar-refractivity contribution is 7.81. The molecule has 1 fully saturated rings. The van der Waals surface area contributed by atoms with Crippen molar-refractivity contribution in [2.45, 2.75) is 271 Å². The van der Waals surface area contributed by atoms with Gasteiger partial charge < -0.3 is 166 Å². The van der Waals surface area contributed by atoms with Gasteiger partial charge in [0.05, 0.1) is 30.8 Å². The van der Waals surface area contributed by atoms with Crippen molar-refractivity contribution >= 4 is 149 Å². The lowest BCUT2D eigenvalue weighted by atomic mass is 9.96. The third-order valence-corrected chi connectivity index (χ3v) is 23.3. The SMILES string of the molecule is CC[C@H](C)[C@H](NC(=O)[C@@H]1C[C@@H](O)CN1C(=O)[C@@H](N)C(C)C)C(=O)N[C@H](C(=O)N[C@@H](Cc1c[nH]c2ccccc12)C(=O)N[C@H](C(=O)N[C@@H](CC(N)=O)C(=O)N[C@@H](CCCNC(=N)N)C(=O)N[C@@H](CCN)C(=O)N[C@H](C(=O)N[C@H](CCN)C(=O)N[C@@H](CCCCN)C(=O)N[C@@H](CS)C(=O)N[C@@H](CCN)C(=O)N[C@@H](CCCNC(=N)N)C(=O)N[C@@H](Cc1ccc(O)cc1)C(=O)O)[C@@H](C)O)C(C)(C)S)[C@@H](C)O. The van der Waals surface area contributed by atoms with Crippen LogP contribution in [0.4, 0.5) is 0 Å². The fourth-order valence-electron chi connectivity index (χ4n) is 14.6. The van der Waals surface area contributed by atoms with Gasteiger partial charge in [0, 0.05) is 66.5 Å². The first-order valence-corrected chi connectivity index (χ1v) is 46.5. The van der Waals surface area contributed by atoms with Gasteiger partial charge in [-0.2, -0.15) is 25.3 Å². The van der Waals surface area contributed by atoms with Crippen LogP contribution in [0.2, 0.25) is 0 Å². The molecule has 0 radical (unpaired) electrons. The molecule has 0 aliphatic carbocycles. The van der Waals surface area contributed by atoms with Gasteiger partial charge in [-0.05, 0) is 159 Å². The number of phenols is 1. The summed E-state index contributed by atoms with van der Waals surface area (Å²) in [6.45, 7) is 10.7. The quantitative estimate of drug-likeness (QED) is 0.0108. The average Bonchev–Trinajstić information content (AvgIpc) is 1.72. The summed E-state index contributed by atoms with van der Waals surface area (Å²) in [5.41, 5.74) is 47.8. The minimum absolute atomic E-state index is 0.0420. The molecule has 1 aliphatic rings. The van der Waals surface area contributed by atoms with Crippen LogP contribution in [0.1, 0.15) is 150 Å². The largest absolute Gasteiger partial charge is 0.508 e. The summed E-state index contributed by atoms with van der Waals surface area (Å²) in [6, 6.07) is -13.4.